The third kappa shape index (κ3) is 11.5. The number of carboxylic acids is 2. The molecule has 0 bridgehead atoms. The van der Waals surface area contributed by atoms with Crippen LogP contribution in [0.3, 0.4) is 0 Å². The van der Waals surface area contributed by atoms with E-state index in [0.717, 1.165) is 0 Å². The maximum atomic E-state index is 12.7. The van der Waals surface area contributed by atoms with Crippen LogP contribution >= 0.6 is 0 Å². The lowest BCUT2D eigenvalue weighted by Crippen LogP contribution is -2.56. The number of nitrogens with two attached hydrogens (primary N) is 2. The van der Waals surface area contributed by atoms with Crippen LogP contribution in [0.25, 0.3) is 0 Å². The van der Waals surface area contributed by atoms with E-state index in [1.54, 1.807) is 30.3 Å². The van der Waals surface area contributed by atoms with Crippen LogP contribution in [0.2, 0.25) is 0 Å². The van der Waals surface area contributed by atoms with E-state index >= 15 is 0 Å². The smallest absolute Gasteiger partial charge is 0.326 e. The van der Waals surface area contributed by atoms with Gasteiger partial charge in [0.15, 0.2) is 0 Å². The summed E-state index contributed by atoms with van der Waals surface area (Å²) < 4.78 is 0. The van der Waals surface area contributed by atoms with E-state index in [1.165, 1.54) is 6.92 Å². The lowest BCUT2D eigenvalue weighted by atomic mass is 10.1. The average molecular weight is 494 g/mol. The van der Waals surface area contributed by atoms with Crippen LogP contribution in [0.4, 0.5) is 0 Å². The quantitative estimate of drug-likeness (QED) is 0.142. The Morgan fingerprint density at radius 3 is 2.06 bits per heavy atom. The second-order valence-corrected chi connectivity index (χ2v) is 8.20. The molecular formula is C23H35N5O7. The predicted molar refractivity (Wildman–Crippen MR) is 127 cm³/mol. The molecule has 4 atom stereocenters. The molecular weight excluding hydrogens is 458 g/mol. The van der Waals surface area contributed by atoms with Crippen LogP contribution in [0, 0.1) is 0 Å². The van der Waals surface area contributed by atoms with Crippen LogP contribution in [0.15, 0.2) is 30.3 Å². The van der Waals surface area contributed by atoms with Crippen molar-refractivity contribution in [3.05, 3.63) is 35.9 Å². The maximum absolute atomic E-state index is 12.7. The van der Waals surface area contributed by atoms with Crippen molar-refractivity contribution in [2.24, 2.45) is 11.5 Å². The van der Waals surface area contributed by atoms with Crippen molar-refractivity contribution >= 4 is 29.7 Å². The molecule has 0 fully saturated rings. The number of carbonyl (C=O) groups excluding carboxylic acids is 3. The Bertz CT molecular complexity index is 865. The Kier molecular flexibility index (Phi) is 13.0. The van der Waals surface area contributed by atoms with Crippen molar-refractivity contribution in [1.29, 1.82) is 0 Å². The summed E-state index contributed by atoms with van der Waals surface area (Å²) in [7, 11) is 0. The molecule has 0 radical (unpaired) electrons. The normalized spacial score (nSPS) is 14.1. The van der Waals surface area contributed by atoms with Gasteiger partial charge in [0.2, 0.25) is 17.7 Å². The summed E-state index contributed by atoms with van der Waals surface area (Å²) in [5, 5.41) is 25.7. The third-order valence-electron chi connectivity index (χ3n) is 5.24. The summed E-state index contributed by atoms with van der Waals surface area (Å²) in [5.74, 6) is -4.57. The van der Waals surface area contributed by atoms with Crippen LogP contribution in [-0.4, -0.2) is 70.6 Å². The van der Waals surface area contributed by atoms with Crippen LogP contribution in [-0.2, 0) is 30.4 Å². The van der Waals surface area contributed by atoms with Crippen molar-refractivity contribution in [2.75, 3.05) is 6.54 Å². The van der Waals surface area contributed by atoms with E-state index in [2.05, 4.69) is 16.0 Å². The topological polar surface area (TPSA) is 214 Å². The first-order valence-electron chi connectivity index (χ1n) is 11.4. The number of rotatable bonds is 16. The first-order chi connectivity index (χ1) is 16.5. The van der Waals surface area contributed by atoms with Gasteiger partial charge in [-0.1, -0.05) is 36.8 Å². The van der Waals surface area contributed by atoms with Crippen molar-refractivity contribution in [1.82, 2.24) is 16.0 Å². The number of hydrogen-bond donors (Lipinski definition) is 7. The van der Waals surface area contributed by atoms with E-state index in [-0.39, 0.29) is 12.8 Å². The molecule has 0 aliphatic rings. The predicted octanol–water partition coefficient (Wildman–Crippen LogP) is -0.891. The molecule has 0 saturated carbocycles. The number of hydrogen-bond acceptors (Lipinski definition) is 7. The minimum Gasteiger partial charge on any atom is -0.481 e. The maximum Gasteiger partial charge on any atom is 0.326 e. The van der Waals surface area contributed by atoms with Gasteiger partial charge in [0.1, 0.15) is 18.1 Å². The minimum absolute atomic E-state index is 0.0436. The zero-order chi connectivity index (χ0) is 26.4. The number of nitrogens with one attached hydrogen (secondary N) is 3. The number of aliphatic carboxylic acids is 2. The first kappa shape index (κ1) is 29.5. The number of carbonyl (C=O) groups is 5. The van der Waals surface area contributed by atoms with Gasteiger partial charge in [0.05, 0.1) is 6.04 Å². The zero-order valence-corrected chi connectivity index (χ0v) is 19.7. The molecule has 0 heterocycles. The highest BCUT2D eigenvalue weighted by Gasteiger charge is 2.28. The molecule has 1 rings (SSSR count). The second-order valence-electron chi connectivity index (χ2n) is 8.20. The van der Waals surface area contributed by atoms with Gasteiger partial charge in [-0.25, -0.2) is 4.79 Å². The van der Waals surface area contributed by atoms with E-state index in [0.29, 0.717) is 31.4 Å². The zero-order valence-electron chi connectivity index (χ0n) is 19.7. The highest BCUT2D eigenvalue weighted by atomic mass is 16.4. The van der Waals surface area contributed by atoms with Crippen molar-refractivity contribution in [3.8, 4) is 0 Å². The Labute approximate surface area is 203 Å². The van der Waals surface area contributed by atoms with Gasteiger partial charge in [0, 0.05) is 12.8 Å². The second kappa shape index (κ2) is 15.4. The summed E-state index contributed by atoms with van der Waals surface area (Å²) in [6.07, 6.45) is 1.05. The summed E-state index contributed by atoms with van der Waals surface area (Å²) in [5.41, 5.74) is 12.0. The molecule has 0 saturated heterocycles. The molecule has 9 N–H and O–H groups in total. The number of benzene rings is 1. The van der Waals surface area contributed by atoms with E-state index in [9.17, 15) is 29.1 Å². The third-order valence-corrected chi connectivity index (χ3v) is 5.24. The van der Waals surface area contributed by atoms with Gasteiger partial charge in [-0.3, -0.25) is 19.2 Å². The van der Waals surface area contributed by atoms with Gasteiger partial charge in [-0.2, -0.15) is 0 Å². The van der Waals surface area contributed by atoms with Crippen molar-refractivity contribution < 1.29 is 34.2 Å². The number of unbranched alkanes of at least 4 members (excludes halogenated alkanes) is 1. The Morgan fingerprint density at radius 1 is 0.857 bits per heavy atom. The SMILES string of the molecule is CC(NC(=O)C(CCC(=O)O)NC(=O)C(N)CCCCN)C(=O)NC(Cc1ccccc1)C(=O)O. The molecule has 35 heavy (non-hydrogen) atoms. The van der Waals surface area contributed by atoms with E-state index in [4.69, 9.17) is 16.6 Å². The Balaban J connectivity index is 2.77. The fourth-order valence-electron chi connectivity index (χ4n) is 3.18. The van der Waals surface area contributed by atoms with Crippen molar-refractivity contribution in [3.63, 3.8) is 0 Å². The molecule has 0 aliphatic carbocycles. The van der Waals surface area contributed by atoms with Gasteiger partial charge in [-0.15, -0.1) is 0 Å². The van der Waals surface area contributed by atoms with Crippen LogP contribution < -0.4 is 27.4 Å². The molecule has 0 aliphatic heterocycles. The Hall–Kier alpha value is -3.51. The van der Waals surface area contributed by atoms with E-state index < -0.39 is 60.2 Å². The van der Waals surface area contributed by atoms with Crippen LogP contribution in [0.1, 0.15) is 44.6 Å². The van der Waals surface area contributed by atoms with Crippen LogP contribution in [0.5, 0.6) is 0 Å². The monoisotopic (exact) mass is 493 g/mol. The summed E-state index contributed by atoms with van der Waals surface area (Å²) in [6, 6.07) is 4.20. The van der Waals surface area contributed by atoms with Gasteiger partial charge in [-0.05, 0) is 38.3 Å². The Morgan fingerprint density at radius 2 is 1.49 bits per heavy atom. The van der Waals surface area contributed by atoms with Gasteiger partial charge in [0.25, 0.3) is 0 Å². The molecule has 1 aromatic rings. The largest absolute Gasteiger partial charge is 0.481 e. The number of carboxylic acid groups (broad SMARTS) is 2. The summed E-state index contributed by atoms with van der Waals surface area (Å²) in [6.45, 7) is 1.80. The molecule has 0 aromatic heterocycles. The molecule has 0 spiro atoms. The van der Waals surface area contributed by atoms with E-state index in [1.807, 2.05) is 0 Å². The summed E-state index contributed by atoms with van der Waals surface area (Å²) >= 11 is 0. The lowest BCUT2D eigenvalue weighted by Gasteiger charge is -2.23. The average Bonchev–Trinajstić information content (AvgIpc) is 2.81. The fourth-order valence-corrected chi connectivity index (χ4v) is 3.18. The lowest BCUT2D eigenvalue weighted by molar-refractivity contribution is -0.142. The first-order valence-corrected chi connectivity index (χ1v) is 11.4. The molecule has 12 nitrogen and oxygen atoms in total. The molecule has 12 heteroatoms. The molecule has 4 unspecified atom stereocenters. The van der Waals surface area contributed by atoms with Gasteiger partial charge >= 0.3 is 11.9 Å². The molecule has 194 valence electrons. The summed E-state index contributed by atoms with van der Waals surface area (Å²) in [4.78, 5) is 60.2. The standard InChI is InChI=1S/C23H35N5O7/c1-14(20(31)28-18(23(34)35)13-15-7-3-2-4-8-15)26-22(33)17(10-11-19(29)30)27-21(32)16(25)9-5-6-12-24/h2-4,7-8,14,16-18H,5-6,9-13,24-25H2,1H3,(H,26,33)(H,27,32)(H,28,31)(H,29,30)(H,34,35). The minimum atomic E-state index is -1.24. The fraction of sp³-hybridized carbons (Fsp3) is 0.522. The highest BCUT2D eigenvalue weighted by molar-refractivity contribution is 5.94. The van der Waals surface area contributed by atoms with Gasteiger partial charge < -0.3 is 37.6 Å². The molecule has 3 amide bonds. The highest BCUT2D eigenvalue weighted by Crippen LogP contribution is 2.05. The molecule has 1 aromatic carbocycles. The van der Waals surface area contributed by atoms with Crippen molar-refractivity contribution in [2.45, 2.75) is 69.6 Å². The number of amides is 3.